The van der Waals surface area contributed by atoms with Crippen molar-refractivity contribution in [3.63, 3.8) is 0 Å². The second kappa shape index (κ2) is 7.20. The third-order valence-corrected chi connectivity index (χ3v) is 4.90. The van der Waals surface area contributed by atoms with Gasteiger partial charge in [-0.15, -0.1) is 0 Å². The van der Waals surface area contributed by atoms with E-state index in [9.17, 15) is 4.79 Å². The second-order valence-corrected chi connectivity index (χ2v) is 6.76. The molecule has 2 aromatic rings. The van der Waals surface area contributed by atoms with Crippen LogP contribution in [0.25, 0.3) is 0 Å². The van der Waals surface area contributed by atoms with Crippen molar-refractivity contribution in [2.45, 2.75) is 65.6 Å². The summed E-state index contributed by atoms with van der Waals surface area (Å²) >= 11 is 0. The Labute approximate surface area is 143 Å². The molecule has 0 unspecified atom stereocenters. The van der Waals surface area contributed by atoms with Gasteiger partial charge >= 0.3 is 0 Å². The van der Waals surface area contributed by atoms with E-state index in [2.05, 4.69) is 32.5 Å². The van der Waals surface area contributed by atoms with Crippen molar-refractivity contribution in [2.24, 2.45) is 0 Å². The first-order chi connectivity index (χ1) is 11.5. The molecular weight excluding hydrogens is 302 g/mol. The van der Waals surface area contributed by atoms with Crippen LogP contribution in [0.4, 0.5) is 0 Å². The maximum atomic E-state index is 12.6. The highest BCUT2D eigenvalue weighted by Gasteiger charge is 2.29. The first-order valence-corrected chi connectivity index (χ1v) is 8.83. The maximum absolute atomic E-state index is 12.6. The third kappa shape index (κ3) is 3.68. The van der Waals surface area contributed by atoms with Crippen molar-refractivity contribution in [2.75, 3.05) is 6.54 Å². The van der Waals surface area contributed by atoms with Crippen LogP contribution in [-0.2, 0) is 17.9 Å². The fourth-order valence-electron chi connectivity index (χ4n) is 3.60. The lowest BCUT2D eigenvalue weighted by molar-refractivity contribution is -0.132. The number of carbonyl (C=O) groups excluding carboxylic acids is 1. The van der Waals surface area contributed by atoms with Gasteiger partial charge in [0.25, 0.3) is 0 Å². The van der Waals surface area contributed by atoms with Gasteiger partial charge < -0.3 is 9.47 Å². The number of imidazole rings is 1. The van der Waals surface area contributed by atoms with Gasteiger partial charge in [-0.3, -0.25) is 9.48 Å². The average Bonchev–Trinajstić information content (AvgIpc) is 3.22. The number of rotatable bonds is 6. The molecule has 6 nitrogen and oxygen atoms in total. The third-order valence-electron chi connectivity index (χ3n) is 4.90. The van der Waals surface area contributed by atoms with Crippen LogP contribution in [-0.4, -0.2) is 42.7 Å². The Morgan fingerprint density at radius 2 is 2.17 bits per heavy atom. The first kappa shape index (κ1) is 16.7. The SMILES string of the molecule is Cc1cc(C)n(C[C@@H]2CCCN2C(=O)CCCn2ccnc2C)n1. The molecule has 0 saturated carbocycles. The van der Waals surface area contributed by atoms with Crippen molar-refractivity contribution in [1.29, 1.82) is 0 Å². The molecule has 24 heavy (non-hydrogen) atoms. The molecule has 6 heteroatoms. The predicted molar refractivity (Wildman–Crippen MR) is 92.6 cm³/mol. The highest BCUT2D eigenvalue weighted by atomic mass is 16.2. The molecule has 3 heterocycles. The Morgan fingerprint density at radius 3 is 2.83 bits per heavy atom. The molecule has 1 fully saturated rings. The van der Waals surface area contributed by atoms with Crippen LogP contribution in [0.3, 0.4) is 0 Å². The molecule has 2 aromatic heterocycles. The Kier molecular flexibility index (Phi) is 5.02. The van der Waals surface area contributed by atoms with Crippen LogP contribution in [0, 0.1) is 20.8 Å². The molecule has 1 amide bonds. The molecule has 3 rings (SSSR count). The lowest BCUT2D eigenvalue weighted by Crippen LogP contribution is -2.38. The van der Waals surface area contributed by atoms with E-state index in [1.807, 2.05) is 30.9 Å². The number of hydrogen-bond donors (Lipinski definition) is 0. The van der Waals surface area contributed by atoms with Gasteiger partial charge in [0.2, 0.25) is 5.91 Å². The van der Waals surface area contributed by atoms with Crippen LogP contribution < -0.4 is 0 Å². The fraction of sp³-hybridized carbons (Fsp3) is 0.611. The van der Waals surface area contributed by atoms with Crippen LogP contribution in [0.2, 0.25) is 0 Å². The van der Waals surface area contributed by atoms with Gasteiger partial charge in [-0.05, 0) is 46.1 Å². The molecule has 1 atom stereocenters. The zero-order valence-electron chi connectivity index (χ0n) is 14.9. The number of hydrogen-bond acceptors (Lipinski definition) is 3. The summed E-state index contributed by atoms with van der Waals surface area (Å²) in [5, 5.41) is 4.54. The van der Waals surface area contributed by atoms with E-state index >= 15 is 0 Å². The maximum Gasteiger partial charge on any atom is 0.222 e. The molecule has 130 valence electrons. The van der Waals surface area contributed by atoms with E-state index in [4.69, 9.17) is 0 Å². The van der Waals surface area contributed by atoms with Gasteiger partial charge in [0.05, 0.1) is 18.3 Å². The topological polar surface area (TPSA) is 56.0 Å². The summed E-state index contributed by atoms with van der Waals surface area (Å²) < 4.78 is 4.14. The molecule has 0 bridgehead atoms. The fourth-order valence-corrected chi connectivity index (χ4v) is 3.60. The van der Waals surface area contributed by atoms with E-state index in [0.29, 0.717) is 6.42 Å². The summed E-state index contributed by atoms with van der Waals surface area (Å²) in [6.07, 6.45) is 7.41. The minimum atomic E-state index is 0.275. The van der Waals surface area contributed by atoms with Crippen molar-refractivity contribution in [3.8, 4) is 0 Å². The minimum Gasteiger partial charge on any atom is -0.338 e. The van der Waals surface area contributed by atoms with Crippen molar-refractivity contribution in [3.05, 3.63) is 35.7 Å². The van der Waals surface area contributed by atoms with Crippen LogP contribution in [0.1, 0.15) is 42.9 Å². The smallest absolute Gasteiger partial charge is 0.222 e. The first-order valence-electron chi connectivity index (χ1n) is 8.83. The van der Waals surface area contributed by atoms with Crippen LogP contribution in [0.15, 0.2) is 18.5 Å². The summed E-state index contributed by atoms with van der Waals surface area (Å²) in [5.74, 6) is 1.28. The van der Waals surface area contributed by atoms with E-state index < -0.39 is 0 Å². The van der Waals surface area contributed by atoms with Gasteiger partial charge in [-0.2, -0.15) is 5.10 Å². The summed E-state index contributed by atoms with van der Waals surface area (Å²) in [6, 6.07) is 2.37. The zero-order valence-corrected chi connectivity index (χ0v) is 14.9. The van der Waals surface area contributed by atoms with E-state index in [-0.39, 0.29) is 11.9 Å². The molecule has 1 aliphatic rings. The molecule has 1 aliphatic heterocycles. The number of likely N-dealkylation sites (tertiary alicyclic amines) is 1. The molecular formula is C18H27N5O. The molecule has 0 radical (unpaired) electrons. The van der Waals surface area contributed by atoms with Crippen molar-refractivity contribution >= 4 is 5.91 Å². The Hall–Kier alpha value is -2.11. The molecule has 0 N–H and O–H groups in total. The molecule has 0 aromatic carbocycles. The largest absolute Gasteiger partial charge is 0.338 e. The predicted octanol–water partition coefficient (Wildman–Crippen LogP) is 2.48. The van der Waals surface area contributed by atoms with Gasteiger partial charge in [-0.25, -0.2) is 4.98 Å². The highest BCUT2D eigenvalue weighted by molar-refractivity contribution is 5.76. The number of nitrogens with zero attached hydrogens (tertiary/aromatic N) is 5. The van der Waals surface area contributed by atoms with Gasteiger partial charge in [-0.1, -0.05) is 0 Å². The summed E-state index contributed by atoms with van der Waals surface area (Å²) in [4.78, 5) is 18.9. The Morgan fingerprint density at radius 1 is 1.33 bits per heavy atom. The quantitative estimate of drug-likeness (QED) is 0.818. The van der Waals surface area contributed by atoms with E-state index in [1.54, 1.807) is 0 Å². The van der Waals surface area contributed by atoms with Gasteiger partial charge in [0, 0.05) is 37.6 Å². The second-order valence-electron chi connectivity index (χ2n) is 6.76. The van der Waals surface area contributed by atoms with Crippen molar-refractivity contribution < 1.29 is 4.79 Å². The number of carbonyl (C=O) groups is 1. The molecule has 0 aliphatic carbocycles. The summed E-state index contributed by atoms with van der Waals surface area (Å²) in [5.41, 5.74) is 2.21. The normalized spacial score (nSPS) is 17.6. The molecule has 1 saturated heterocycles. The zero-order chi connectivity index (χ0) is 17.1. The lowest BCUT2D eigenvalue weighted by atomic mass is 10.2. The van der Waals surface area contributed by atoms with E-state index in [1.165, 1.54) is 5.69 Å². The standard InChI is InChI=1S/C18H27N5O/c1-14-12-15(2)23(20-14)13-17-6-4-10-22(17)18(24)7-5-9-21-11-8-19-16(21)3/h8,11-12,17H,4-7,9-10,13H2,1-3H3/t17-/m0/s1. The number of aryl methyl sites for hydroxylation is 4. The van der Waals surface area contributed by atoms with Gasteiger partial charge in [0.15, 0.2) is 0 Å². The average molecular weight is 329 g/mol. The minimum absolute atomic E-state index is 0.275. The van der Waals surface area contributed by atoms with E-state index in [0.717, 1.165) is 50.4 Å². The van der Waals surface area contributed by atoms with Crippen LogP contribution >= 0.6 is 0 Å². The molecule has 0 spiro atoms. The Bertz CT molecular complexity index is 702. The van der Waals surface area contributed by atoms with Crippen LogP contribution in [0.5, 0.6) is 0 Å². The summed E-state index contributed by atoms with van der Waals surface area (Å²) in [6.45, 7) is 8.63. The number of aromatic nitrogens is 4. The number of amides is 1. The monoisotopic (exact) mass is 329 g/mol. The highest BCUT2D eigenvalue weighted by Crippen LogP contribution is 2.21. The summed E-state index contributed by atoms with van der Waals surface area (Å²) in [7, 11) is 0. The lowest BCUT2D eigenvalue weighted by Gasteiger charge is -2.25. The Balaban J connectivity index is 1.53. The van der Waals surface area contributed by atoms with Gasteiger partial charge in [0.1, 0.15) is 5.82 Å². The van der Waals surface area contributed by atoms with Crippen molar-refractivity contribution in [1.82, 2.24) is 24.2 Å².